The number of halogens is 1. The summed E-state index contributed by atoms with van der Waals surface area (Å²) >= 11 is 6.14. The third kappa shape index (κ3) is 3.74. The van der Waals surface area contributed by atoms with Gasteiger partial charge in [-0.2, -0.15) is 0 Å². The number of hydrogen-bond acceptors (Lipinski definition) is 3. The van der Waals surface area contributed by atoms with Crippen molar-refractivity contribution in [2.75, 3.05) is 37.7 Å². The summed E-state index contributed by atoms with van der Waals surface area (Å²) in [5.41, 5.74) is 4.00. The number of carbonyl (C=O) groups excluding carboxylic acids is 1. The first kappa shape index (κ1) is 20.6. The van der Waals surface area contributed by atoms with E-state index in [2.05, 4.69) is 28.5 Å². The van der Waals surface area contributed by atoms with Crippen LogP contribution in [0.1, 0.15) is 29.9 Å². The minimum Gasteiger partial charge on any atom is -0.494 e. The zero-order valence-corrected chi connectivity index (χ0v) is 18.6. The molecule has 158 valence electrons. The van der Waals surface area contributed by atoms with Crippen LogP contribution in [0.3, 0.4) is 0 Å². The Hall–Kier alpha value is -2.66. The van der Waals surface area contributed by atoms with E-state index in [1.54, 1.807) is 0 Å². The molecule has 6 heteroatoms. The van der Waals surface area contributed by atoms with E-state index >= 15 is 0 Å². The van der Waals surface area contributed by atoms with Gasteiger partial charge in [-0.3, -0.25) is 4.79 Å². The van der Waals surface area contributed by atoms with Gasteiger partial charge in [0.25, 0.3) is 5.91 Å². The van der Waals surface area contributed by atoms with E-state index < -0.39 is 0 Å². The molecule has 0 radical (unpaired) electrons. The summed E-state index contributed by atoms with van der Waals surface area (Å²) < 4.78 is 7.80. The fourth-order valence-corrected chi connectivity index (χ4v) is 4.54. The molecule has 2 aromatic carbocycles. The molecule has 0 saturated carbocycles. The third-order valence-electron chi connectivity index (χ3n) is 5.86. The van der Waals surface area contributed by atoms with Crippen molar-refractivity contribution in [3.8, 4) is 5.75 Å². The van der Waals surface area contributed by atoms with Crippen LogP contribution in [0.2, 0.25) is 5.02 Å². The lowest BCUT2D eigenvalue weighted by Gasteiger charge is -2.36. The van der Waals surface area contributed by atoms with Crippen molar-refractivity contribution < 1.29 is 9.53 Å². The number of fused-ring (bicyclic) bond motifs is 1. The Labute approximate surface area is 182 Å². The first-order chi connectivity index (χ1) is 14.5. The SMILES string of the molecule is CCOc1ccc2c(c1)c(C)c(C(=O)N1CCN(c3cccc(Cl)c3)CC1)n2CC. The van der Waals surface area contributed by atoms with Crippen LogP contribution in [0.4, 0.5) is 5.69 Å². The third-order valence-corrected chi connectivity index (χ3v) is 6.09. The van der Waals surface area contributed by atoms with Gasteiger partial charge in [0.1, 0.15) is 11.4 Å². The van der Waals surface area contributed by atoms with Gasteiger partial charge in [0.15, 0.2) is 0 Å². The maximum atomic E-state index is 13.5. The number of nitrogens with zero attached hydrogens (tertiary/aromatic N) is 3. The fourth-order valence-electron chi connectivity index (χ4n) is 4.35. The van der Waals surface area contributed by atoms with Gasteiger partial charge in [0.05, 0.1) is 6.61 Å². The van der Waals surface area contributed by atoms with Crippen molar-refractivity contribution in [2.24, 2.45) is 0 Å². The largest absolute Gasteiger partial charge is 0.494 e. The van der Waals surface area contributed by atoms with E-state index in [9.17, 15) is 4.79 Å². The summed E-state index contributed by atoms with van der Waals surface area (Å²) in [6.45, 7) is 10.5. The summed E-state index contributed by atoms with van der Waals surface area (Å²) in [6, 6.07) is 14.0. The number of anilines is 1. The maximum absolute atomic E-state index is 13.5. The van der Waals surface area contributed by atoms with E-state index in [1.165, 1.54) is 0 Å². The van der Waals surface area contributed by atoms with E-state index in [0.717, 1.165) is 58.3 Å². The molecule has 5 nitrogen and oxygen atoms in total. The van der Waals surface area contributed by atoms with Crippen molar-refractivity contribution >= 4 is 34.1 Å². The Morgan fingerprint density at radius 2 is 1.83 bits per heavy atom. The van der Waals surface area contributed by atoms with Crippen LogP contribution >= 0.6 is 11.6 Å². The van der Waals surface area contributed by atoms with Gasteiger partial charge in [-0.25, -0.2) is 0 Å². The molecule has 2 heterocycles. The molecule has 0 bridgehead atoms. The first-order valence-electron chi connectivity index (χ1n) is 10.6. The second-order valence-corrected chi connectivity index (χ2v) is 8.03. The molecule has 1 aromatic heterocycles. The van der Waals surface area contributed by atoms with Crippen LogP contribution in [0.25, 0.3) is 10.9 Å². The van der Waals surface area contributed by atoms with Crippen molar-refractivity contribution in [1.29, 1.82) is 0 Å². The smallest absolute Gasteiger partial charge is 0.270 e. The topological polar surface area (TPSA) is 37.7 Å². The van der Waals surface area contributed by atoms with Gasteiger partial charge < -0.3 is 19.1 Å². The van der Waals surface area contributed by atoms with E-state index in [4.69, 9.17) is 16.3 Å². The standard InChI is InChI=1S/C24H28ClN3O2/c1-4-28-22-10-9-20(30-5-2)16-21(22)17(3)23(28)24(29)27-13-11-26(12-14-27)19-8-6-7-18(25)15-19/h6-10,15-16H,4-5,11-14H2,1-3H3. The molecule has 1 amide bonds. The van der Waals surface area contributed by atoms with Crippen molar-refractivity contribution in [2.45, 2.75) is 27.3 Å². The summed E-state index contributed by atoms with van der Waals surface area (Å²) in [6.07, 6.45) is 0. The maximum Gasteiger partial charge on any atom is 0.270 e. The van der Waals surface area contributed by atoms with Crippen molar-refractivity contribution in [1.82, 2.24) is 9.47 Å². The Morgan fingerprint density at radius 1 is 1.07 bits per heavy atom. The molecule has 30 heavy (non-hydrogen) atoms. The lowest BCUT2D eigenvalue weighted by atomic mass is 10.1. The molecule has 1 aliphatic rings. The van der Waals surface area contributed by atoms with Crippen LogP contribution in [0, 0.1) is 6.92 Å². The number of ether oxygens (including phenoxy) is 1. The van der Waals surface area contributed by atoms with Crippen molar-refractivity contribution in [3.05, 3.63) is 58.7 Å². The first-order valence-corrected chi connectivity index (χ1v) is 11.0. The molecule has 0 atom stereocenters. The number of hydrogen-bond donors (Lipinski definition) is 0. The quantitative estimate of drug-likeness (QED) is 0.578. The van der Waals surface area contributed by atoms with Crippen LogP contribution in [-0.2, 0) is 6.54 Å². The molecule has 1 saturated heterocycles. The van der Waals surface area contributed by atoms with Crippen LogP contribution in [0.5, 0.6) is 5.75 Å². The number of benzene rings is 2. The fraction of sp³-hybridized carbons (Fsp3) is 0.375. The summed E-state index contributed by atoms with van der Waals surface area (Å²) in [5, 5.41) is 1.82. The summed E-state index contributed by atoms with van der Waals surface area (Å²) in [7, 11) is 0. The zero-order chi connectivity index (χ0) is 21.3. The second kappa shape index (κ2) is 8.60. The minimum absolute atomic E-state index is 0.106. The normalized spacial score (nSPS) is 14.4. The number of aryl methyl sites for hydroxylation is 2. The Kier molecular flexibility index (Phi) is 5.91. The number of amides is 1. The van der Waals surface area contributed by atoms with Gasteiger partial charge in [-0.05, 0) is 62.7 Å². The van der Waals surface area contributed by atoms with Gasteiger partial charge in [0, 0.05) is 54.3 Å². The van der Waals surface area contributed by atoms with E-state index in [-0.39, 0.29) is 5.91 Å². The van der Waals surface area contributed by atoms with Gasteiger partial charge in [-0.15, -0.1) is 0 Å². The molecule has 1 fully saturated rings. The monoisotopic (exact) mass is 425 g/mol. The molecule has 3 aromatic rings. The van der Waals surface area contributed by atoms with E-state index in [1.807, 2.05) is 49.1 Å². The molecule has 0 unspecified atom stereocenters. The molecule has 0 aliphatic carbocycles. The molecule has 0 N–H and O–H groups in total. The van der Waals surface area contributed by atoms with E-state index in [0.29, 0.717) is 19.7 Å². The van der Waals surface area contributed by atoms with Gasteiger partial charge >= 0.3 is 0 Å². The average molecular weight is 426 g/mol. The lowest BCUT2D eigenvalue weighted by Crippen LogP contribution is -2.49. The highest BCUT2D eigenvalue weighted by atomic mass is 35.5. The molecule has 4 rings (SSSR count). The summed E-state index contributed by atoms with van der Waals surface area (Å²) in [5.74, 6) is 0.949. The predicted octanol–water partition coefficient (Wildman–Crippen LogP) is 4.98. The average Bonchev–Trinajstić information content (AvgIpc) is 3.05. The second-order valence-electron chi connectivity index (χ2n) is 7.59. The number of carbonyl (C=O) groups is 1. The molecule has 0 spiro atoms. The number of rotatable bonds is 5. The molecular weight excluding hydrogens is 398 g/mol. The summed E-state index contributed by atoms with van der Waals surface area (Å²) in [4.78, 5) is 17.8. The molecule has 1 aliphatic heterocycles. The van der Waals surface area contributed by atoms with Gasteiger partial charge in [-0.1, -0.05) is 17.7 Å². The Bertz CT molecular complexity index is 1070. The molecular formula is C24H28ClN3O2. The van der Waals surface area contributed by atoms with Gasteiger partial charge in [0.2, 0.25) is 0 Å². The minimum atomic E-state index is 0.106. The predicted molar refractivity (Wildman–Crippen MR) is 123 cm³/mol. The Balaban J connectivity index is 1.58. The van der Waals surface area contributed by atoms with Crippen LogP contribution in [0.15, 0.2) is 42.5 Å². The number of aromatic nitrogens is 1. The number of piperazine rings is 1. The highest BCUT2D eigenvalue weighted by Gasteiger charge is 2.27. The highest BCUT2D eigenvalue weighted by Crippen LogP contribution is 2.30. The Morgan fingerprint density at radius 3 is 2.50 bits per heavy atom. The van der Waals surface area contributed by atoms with Crippen LogP contribution in [-0.4, -0.2) is 48.2 Å². The van der Waals surface area contributed by atoms with Crippen LogP contribution < -0.4 is 9.64 Å². The lowest BCUT2D eigenvalue weighted by molar-refractivity contribution is 0.0735. The highest BCUT2D eigenvalue weighted by molar-refractivity contribution is 6.30. The van der Waals surface area contributed by atoms with Crippen molar-refractivity contribution in [3.63, 3.8) is 0 Å². The zero-order valence-electron chi connectivity index (χ0n) is 17.8.